The highest BCUT2D eigenvalue weighted by atomic mass is 19.1. The molecule has 0 unspecified atom stereocenters. The predicted molar refractivity (Wildman–Crippen MR) is 107 cm³/mol. The van der Waals surface area contributed by atoms with Gasteiger partial charge in [-0.1, -0.05) is 18.2 Å². The smallest absolute Gasteiger partial charge is 0.259 e. The van der Waals surface area contributed by atoms with E-state index in [2.05, 4.69) is 5.32 Å². The van der Waals surface area contributed by atoms with Crippen molar-refractivity contribution < 1.29 is 14.0 Å². The summed E-state index contributed by atoms with van der Waals surface area (Å²) in [5.41, 5.74) is 2.84. The molecule has 28 heavy (non-hydrogen) atoms. The van der Waals surface area contributed by atoms with Crippen LogP contribution >= 0.6 is 0 Å². The van der Waals surface area contributed by atoms with Crippen molar-refractivity contribution in [2.24, 2.45) is 7.05 Å². The molecule has 1 N–H and O–H groups in total. The molecule has 1 aromatic heterocycles. The Morgan fingerprint density at radius 1 is 1.11 bits per heavy atom. The second kappa shape index (κ2) is 7.15. The van der Waals surface area contributed by atoms with Crippen molar-refractivity contribution in [1.29, 1.82) is 0 Å². The van der Waals surface area contributed by atoms with Crippen molar-refractivity contribution in [3.63, 3.8) is 0 Å². The zero-order chi connectivity index (χ0) is 19.7. The molecule has 140 valence electrons. The molecule has 0 saturated carbocycles. The molecule has 0 fully saturated rings. The zero-order valence-electron chi connectivity index (χ0n) is 15.2. The SMILES string of the molecule is Cn1cccc1/C=C1/C(=O)N(CC(=O)Nc2ccccc2)c2ccc(F)cc21. The highest BCUT2D eigenvalue weighted by Crippen LogP contribution is 2.38. The van der Waals surface area contributed by atoms with Gasteiger partial charge in [0, 0.05) is 30.2 Å². The first-order valence-corrected chi connectivity index (χ1v) is 8.82. The maximum Gasteiger partial charge on any atom is 0.259 e. The van der Waals surface area contributed by atoms with Crippen molar-refractivity contribution in [2.45, 2.75) is 0 Å². The number of carbonyl (C=O) groups is 2. The van der Waals surface area contributed by atoms with E-state index in [0.29, 0.717) is 22.5 Å². The van der Waals surface area contributed by atoms with Gasteiger partial charge in [0.05, 0.1) is 11.3 Å². The molecule has 3 aromatic rings. The number of anilines is 2. The number of rotatable bonds is 4. The number of hydrogen-bond donors (Lipinski definition) is 1. The molecular formula is C22H18FN3O2. The molecule has 5 nitrogen and oxygen atoms in total. The van der Waals surface area contributed by atoms with Crippen LogP contribution in [0.5, 0.6) is 0 Å². The Balaban J connectivity index is 1.66. The third-order valence-electron chi connectivity index (χ3n) is 4.65. The van der Waals surface area contributed by atoms with Gasteiger partial charge in [0.25, 0.3) is 5.91 Å². The molecule has 1 aliphatic heterocycles. The topological polar surface area (TPSA) is 54.3 Å². The fraction of sp³-hybridized carbons (Fsp3) is 0.0909. The fourth-order valence-electron chi connectivity index (χ4n) is 3.26. The van der Waals surface area contributed by atoms with E-state index in [1.165, 1.54) is 23.1 Å². The van der Waals surface area contributed by atoms with Crippen LogP contribution in [0.15, 0.2) is 66.9 Å². The lowest BCUT2D eigenvalue weighted by Gasteiger charge is -2.16. The summed E-state index contributed by atoms with van der Waals surface area (Å²) in [6, 6.07) is 16.9. The molecule has 0 bridgehead atoms. The monoisotopic (exact) mass is 375 g/mol. The third-order valence-corrected chi connectivity index (χ3v) is 4.65. The van der Waals surface area contributed by atoms with Crippen molar-refractivity contribution >= 4 is 34.8 Å². The highest BCUT2D eigenvalue weighted by Gasteiger charge is 2.34. The minimum atomic E-state index is -0.431. The van der Waals surface area contributed by atoms with Crippen LogP contribution in [-0.4, -0.2) is 22.9 Å². The van der Waals surface area contributed by atoms with Crippen LogP contribution in [0.4, 0.5) is 15.8 Å². The van der Waals surface area contributed by atoms with Gasteiger partial charge in [-0.3, -0.25) is 14.5 Å². The minimum absolute atomic E-state index is 0.156. The molecule has 0 atom stereocenters. The Kier molecular flexibility index (Phi) is 4.53. The number of amides is 2. The maximum absolute atomic E-state index is 13.9. The van der Waals surface area contributed by atoms with Crippen LogP contribution in [0.1, 0.15) is 11.3 Å². The summed E-state index contributed by atoms with van der Waals surface area (Å²) < 4.78 is 15.7. The highest BCUT2D eigenvalue weighted by molar-refractivity contribution is 6.36. The number of fused-ring (bicyclic) bond motifs is 1. The first kappa shape index (κ1) is 17.7. The molecule has 0 saturated heterocycles. The van der Waals surface area contributed by atoms with Gasteiger partial charge in [0.2, 0.25) is 5.91 Å². The van der Waals surface area contributed by atoms with Crippen LogP contribution in [0.25, 0.3) is 11.6 Å². The molecule has 0 aliphatic carbocycles. The van der Waals surface area contributed by atoms with Gasteiger partial charge in [0.15, 0.2) is 0 Å². The molecule has 4 rings (SSSR count). The molecule has 1 aliphatic rings. The summed E-state index contributed by atoms with van der Waals surface area (Å²) in [6.45, 7) is -0.156. The van der Waals surface area contributed by atoms with E-state index in [4.69, 9.17) is 0 Å². The van der Waals surface area contributed by atoms with Crippen LogP contribution in [0, 0.1) is 5.82 Å². The van der Waals surface area contributed by atoms with Crippen molar-refractivity contribution in [3.8, 4) is 0 Å². The van der Waals surface area contributed by atoms with Gasteiger partial charge in [0.1, 0.15) is 12.4 Å². The van der Waals surface area contributed by atoms with Gasteiger partial charge < -0.3 is 9.88 Å². The standard InChI is InChI=1S/C22H18FN3O2/c1-25-11-5-8-17(25)13-19-18-12-15(23)9-10-20(18)26(22(19)28)14-21(27)24-16-6-3-2-4-7-16/h2-13H,14H2,1H3,(H,24,27)/b19-13+. The first-order chi connectivity index (χ1) is 13.5. The number of nitrogens with zero attached hydrogens (tertiary/aromatic N) is 2. The number of halogens is 1. The Morgan fingerprint density at radius 2 is 1.89 bits per heavy atom. The van der Waals surface area contributed by atoms with Crippen LogP contribution < -0.4 is 10.2 Å². The first-order valence-electron chi connectivity index (χ1n) is 8.82. The lowest BCUT2D eigenvalue weighted by atomic mass is 10.1. The van der Waals surface area contributed by atoms with Crippen LogP contribution in [0.2, 0.25) is 0 Å². The van der Waals surface area contributed by atoms with E-state index in [1.54, 1.807) is 18.2 Å². The lowest BCUT2D eigenvalue weighted by molar-refractivity contribution is -0.118. The van der Waals surface area contributed by atoms with E-state index in [1.807, 2.05) is 48.1 Å². The quantitative estimate of drug-likeness (QED) is 0.707. The molecule has 6 heteroatoms. The predicted octanol–water partition coefficient (Wildman–Crippen LogP) is 3.69. The van der Waals surface area contributed by atoms with Crippen molar-refractivity contribution in [2.75, 3.05) is 16.8 Å². The number of aryl methyl sites for hydroxylation is 1. The normalized spacial score (nSPS) is 14.4. The summed E-state index contributed by atoms with van der Waals surface area (Å²) >= 11 is 0. The van der Waals surface area contributed by atoms with Crippen LogP contribution in [0.3, 0.4) is 0 Å². The lowest BCUT2D eigenvalue weighted by Crippen LogP contribution is -2.35. The van der Waals surface area contributed by atoms with Gasteiger partial charge in [-0.05, 0) is 48.5 Å². The van der Waals surface area contributed by atoms with Crippen molar-refractivity contribution in [1.82, 2.24) is 4.57 Å². The number of aromatic nitrogens is 1. The van der Waals surface area contributed by atoms with Crippen LogP contribution in [-0.2, 0) is 16.6 Å². The molecule has 2 amide bonds. The van der Waals surface area contributed by atoms with Gasteiger partial charge in [-0.2, -0.15) is 0 Å². The Morgan fingerprint density at radius 3 is 2.61 bits per heavy atom. The van der Waals surface area contributed by atoms with E-state index < -0.39 is 5.82 Å². The third kappa shape index (κ3) is 3.32. The summed E-state index contributed by atoms with van der Waals surface area (Å²) in [4.78, 5) is 26.9. The molecule has 2 heterocycles. The van der Waals surface area contributed by atoms with E-state index >= 15 is 0 Å². The maximum atomic E-state index is 13.9. The Labute approximate surface area is 161 Å². The molecular weight excluding hydrogens is 357 g/mol. The number of benzene rings is 2. The van der Waals surface area contributed by atoms with E-state index in [9.17, 15) is 14.0 Å². The summed E-state index contributed by atoms with van der Waals surface area (Å²) in [7, 11) is 1.86. The average molecular weight is 375 g/mol. The zero-order valence-corrected chi connectivity index (χ0v) is 15.2. The summed E-state index contributed by atoms with van der Waals surface area (Å²) in [5.74, 6) is -1.08. The number of nitrogens with one attached hydrogen (secondary N) is 1. The van der Waals surface area contributed by atoms with E-state index in [-0.39, 0.29) is 18.4 Å². The minimum Gasteiger partial charge on any atom is -0.351 e. The summed E-state index contributed by atoms with van der Waals surface area (Å²) in [6.07, 6.45) is 3.58. The van der Waals surface area contributed by atoms with Gasteiger partial charge >= 0.3 is 0 Å². The average Bonchev–Trinajstić information content (AvgIpc) is 3.19. The van der Waals surface area contributed by atoms with Crippen molar-refractivity contribution in [3.05, 3.63) is 83.9 Å². The fourth-order valence-corrected chi connectivity index (χ4v) is 3.26. The Hall–Kier alpha value is -3.67. The van der Waals surface area contributed by atoms with Gasteiger partial charge in [-0.25, -0.2) is 4.39 Å². The second-order valence-corrected chi connectivity index (χ2v) is 6.57. The van der Waals surface area contributed by atoms with Gasteiger partial charge in [-0.15, -0.1) is 0 Å². The molecule has 0 radical (unpaired) electrons. The second-order valence-electron chi connectivity index (χ2n) is 6.57. The Bertz CT molecular complexity index is 1090. The summed E-state index contributed by atoms with van der Waals surface area (Å²) in [5, 5.41) is 2.77. The van der Waals surface area contributed by atoms with E-state index in [0.717, 1.165) is 5.69 Å². The largest absolute Gasteiger partial charge is 0.351 e. The number of para-hydroxylation sites is 1. The number of hydrogen-bond acceptors (Lipinski definition) is 2. The molecule has 0 spiro atoms. The number of carbonyl (C=O) groups excluding carboxylic acids is 2. The molecule has 2 aromatic carbocycles.